The molecule has 3 aliphatic rings. The Morgan fingerprint density at radius 1 is 0.979 bits per heavy atom. The molecule has 5 rings (SSSR count). The number of amides is 4. The molecule has 0 spiro atoms. The lowest BCUT2D eigenvalue weighted by molar-refractivity contribution is -0.177. The number of aromatic amines is 1. The summed E-state index contributed by atoms with van der Waals surface area (Å²) >= 11 is 0. The van der Waals surface area contributed by atoms with Gasteiger partial charge in [-0.2, -0.15) is 0 Å². The summed E-state index contributed by atoms with van der Waals surface area (Å²) in [6, 6.07) is 5.53. The van der Waals surface area contributed by atoms with Gasteiger partial charge in [0, 0.05) is 44.2 Å². The van der Waals surface area contributed by atoms with Gasteiger partial charge in [-0.25, -0.2) is 19.7 Å². The number of morpholine rings is 1. The van der Waals surface area contributed by atoms with Crippen LogP contribution in [-0.2, 0) is 27.2 Å². The molecule has 2 heterocycles. The molecular formula is C36H53N7O5. The second-order valence-corrected chi connectivity index (χ2v) is 13.7. The van der Waals surface area contributed by atoms with Crippen molar-refractivity contribution in [3.05, 3.63) is 54.1 Å². The highest BCUT2D eigenvalue weighted by atomic mass is 16.5. The van der Waals surface area contributed by atoms with Crippen molar-refractivity contribution in [2.24, 2.45) is 22.6 Å². The lowest BCUT2D eigenvalue weighted by atomic mass is 9.84. The lowest BCUT2D eigenvalue weighted by Gasteiger charge is -2.38. The number of aromatic nitrogens is 2. The smallest absolute Gasteiger partial charge is 0.327 e. The van der Waals surface area contributed by atoms with Crippen LogP contribution in [0.1, 0.15) is 81.9 Å². The van der Waals surface area contributed by atoms with Gasteiger partial charge in [0.25, 0.3) is 5.91 Å². The number of rotatable bonds is 13. The minimum absolute atomic E-state index is 0.0643. The molecule has 2 saturated carbocycles. The number of urea groups is 1. The molecule has 1 aliphatic heterocycles. The molecule has 12 heteroatoms. The van der Waals surface area contributed by atoms with Gasteiger partial charge in [-0.05, 0) is 43.1 Å². The number of ether oxygens (including phenoxy) is 1. The lowest BCUT2D eigenvalue weighted by Crippen LogP contribution is -2.62. The molecule has 3 fully saturated rings. The van der Waals surface area contributed by atoms with Gasteiger partial charge in [-0.1, -0.05) is 81.7 Å². The molecule has 2 aliphatic carbocycles. The fourth-order valence-electron chi connectivity index (χ4n) is 7.32. The van der Waals surface area contributed by atoms with E-state index in [-0.39, 0.29) is 25.9 Å². The van der Waals surface area contributed by atoms with Crippen LogP contribution in [0.4, 0.5) is 4.79 Å². The molecule has 0 bridgehead atoms. The zero-order chi connectivity index (χ0) is 33.7. The van der Waals surface area contributed by atoms with E-state index in [0.717, 1.165) is 54.1 Å². The van der Waals surface area contributed by atoms with E-state index < -0.39 is 36.0 Å². The Bertz CT molecular complexity index is 1310. The minimum atomic E-state index is -1.37. The van der Waals surface area contributed by atoms with Gasteiger partial charge in [-0.15, -0.1) is 0 Å². The van der Waals surface area contributed by atoms with Crippen LogP contribution in [0, 0.1) is 11.8 Å². The second kappa shape index (κ2) is 18.2. The van der Waals surface area contributed by atoms with Crippen LogP contribution in [0.2, 0.25) is 0 Å². The number of hydrogen-bond acceptors (Lipinski definition) is 8. The monoisotopic (exact) mass is 663 g/mol. The number of hydrogen-bond donors (Lipinski definition) is 3. The maximum absolute atomic E-state index is 14.6. The fraction of sp³-hybridized carbons (Fsp3) is 0.639. The zero-order valence-corrected chi connectivity index (χ0v) is 28.1. The Labute approximate surface area is 284 Å². The van der Waals surface area contributed by atoms with Gasteiger partial charge >= 0.3 is 6.03 Å². The summed E-state index contributed by atoms with van der Waals surface area (Å²) < 4.78 is 5.47. The average molecular weight is 664 g/mol. The van der Waals surface area contributed by atoms with Crippen molar-refractivity contribution in [3.8, 4) is 0 Å². The topological polar surface area (TPSA) is 157 Å². The third-order valence-electron chi connectivity index (χ3n) is 10.1. The summed E-state index contributed by atoms with van der Waals surface area (Å²) in [4.78, 5) is 57.5. The number of aliphatic imine (C=N–C) groups is 1. The maximum Gasteiger partial charge on any atom is 0.327 e. The molecule has 4 amide bonds. The number of nitrogens with two attached hydrogens (primary N) is 1. The van der Waals surface area contributed by atoms with Crippen LogP contribution in [0.25, 0.3) is 0 Å². The van der Waals surface area contributed by atoms with Crippen molar-refractivity contribution in [2.45, 2.75) is 102 Å². The predicted octanol–water partition coefficient (Wildman–Crippen LogP) is 4.38. The van der Waals surface area contributed by atoms with Crippen LogP contribution in [0.15, 0.2) is 47.8 Å². The van der Waals surface area contributed by atoms with E-state index in [1.54, 1.807) is 12.4 Å². The van der Waals surface area contributed by atoms with Crippen LogP contribution in [0.5, 0.6) is 0 Å². The van der Waals surface area contributed by atoms with Crippen molar-refractivity contribution in [3.63, 3.8) is 0 Å². The molecule has 1 aromatic heterocycles. The third kappa shape index (κ3) is 9.96. The quantitative estimate of drug-likeness (QED) is 0.163. The van der Waals surface area contributed by atoms with Crippen LogP contribution < -0.4 is 5.73 Å². The number of imide groups is 1. The van der Waals surface area contributed by atoms with Gasteiger partial charge in [0.1, 0.15) is 6.04 Å². The van der Waals surface area contributed by atoms with E-state index >= 15 is 0 Å². The van der Waals surface area contributed by atoms with Crippen molar-refractivity contribution in [2.75, 3.05) is 32.8 Å². The van der Waals surface area contributed by atoms with Crippen molar-refractivity contribution in [1.29, 1.82) is 0 Å². The number of H-pyrrole nitrogens is 1. The van der Waals surface area contributed by atoms with E-state index in [1.165, 1.54) is 36.9 Å². The highest BCUT2D eigenvalue weighted by Crippen LogP contribution is 2.29. The molecule has 1 aromatic carbocycles. The summed E-state index contributed by atoms with van der Waals surface area (Å²) in [5.41, 5.74) is 7.88. The highest BCUT2D eigenvalue weighted by Gasteiger charge is 2.43. The normalized spacial score (nSPS) is 19.9. The molecular weight excluding hydrogens is 610 g/mol. The van der Waals surface area contributed by atoms with E-state index in [0.29, 0.717) is 43.7 Å². The highest BCUT2D eigenvalue weighted by molar-refractivity contribution is 6.02. The summed E-state index contributed by atoms with van der Waals surface area (Å²) in [6.07, 6.45) is 16.9. The molecule has 3 atom stereocenters. The van der Waals surface area contributed by atoms with Crippen molar-refractivity contribution >= 4 is 24.1 Å². The average Bonchev–Trinajstić information content (AvgIpc) is 3.65. The number of carbonyl (C=O) groups is 3. The molecule has 1 saturated heterocycles. The SMILES string of the molecule is N[C@@H](Cc1ccccc1)C(=O)N(C(=O)N1CCOCC1)[C@@H](Cc1cnc[nH]1)C(=O)N(O)[C@H](C=NCC1CCCCC1)CC1CCCCC1. The number of imidazole rings is 1. The number of benzene rings is 1. The Balaban J connectivity index is 1.44. The number of carbonyl (C=O) groups excluding carboxylic acids is 3. The first kappa shape index (κ1) is 35.7. The molecule has 262 valence electrons. The Kier molecular flexibility index (Phi) is 13.6. The van der Waals surface area contributed by atoms with Crippen LogP contribution in [-0.4, -0.2) is 105 Å². The van der Waals surface area contributed by atoms with Crippen LogP contribution in [0.3, 0.4) is 0 Å². The summed E-state index contributed by atoms with van der Waals surface area (Å²) in [5, 5.41) is 12.5. The largest absolute Gasteiger partial charge is 0.378 e. The van der Waals surface area contributed by atoms with E-state index in [9.17, 15) is 19.6 Å². The second-order valence-electron chi connectivity index (χ2n) is 13.7. The summed E-state index contributed by atoms with van der Waals surface area (Å²) in [7, 11) is 0. The van der Waals surface area contributed by atoms with E-state index in [1.807, 2.05) is 30.3 Å². The number of nitrogens with zero attached hydrogens (tertiary/aromatic N) is 5. The summed E-state index contributed by atoms with van der Waals surface area (Å²) in [6.45, 7) is 1.83. The van der Waals surface area contributed by atoms with Gasteiger partial charge in [0.05, 0.1) is 31.6 Å². The molecule has 2 aromatic rings. The Hall–Kier alpha value is -3.61. The maximum atomic E-state index is 14.6. The van der Waals surface area contributed by atoms with E-state index in [4.69, 9.17) is 15.5 Å². The van der Waals surface area contributed by atoms with Crippen molar-refractivity contribution < 1.29 is 24.3 Å². The minimum Gasteiger partial charge on any atom is -0.378 e. The van der Waals surface area contributed by atoms with Crippen molar-refractivity contribution in [1.82, 2.24) is 24.8 Å². The fourth-order valence-corrected chi connectivity index (χ4v) is 7.32. The van der Waals surface area contributed by atoms with Gasteiger partial charge < -0.3 is 20.4 Å². The standard InChI is InChI=1S/C36H53N7O5/c37-32(21-28-12-6-2-7-13-28)34(44)42(36(46)41-16-18-48-19-17-41)33(22-30-24-39-26-40-30)35(45)43(47)31(20-27-10-4-1-5-11-27)25-38-23-29-14-8-3-9-15-29/h2,6-7,12-13,24-27,29,31-33,47H,1,3-5,8-11,14-23,37H2,(H,39,40)/t31-,32-,33-/m0/s1. The Morgan fingerprint density at radius 3 is 2.29 bits per heavy atom. The first-order valence-electron chi connectivity index (χ1n) is 17.9. The molecule has 4 N–H and O–H groups in total. The molecule has 0 unspecified atom stereocenters. The summed E-state index contributed by atoms with van der Waals surface area (Å²) in [5.74, 6) is -0.593. The zero-order valence-electron chi connectivity index (χ0n) is 28.1. The first-order valence-corrected chi connectivity index (χ1v) is 17.9. The van der Waals surface area contributed by atoms with Gasteiger partial charge in [0.2, 0.25) is 5.91 Å². The third-order valence-corrected chi connectivity index (χ3v) is 10.1. The van der Waals surface area contributed by atoms with Gasteiger partial charge in [0.15, 0.2) is 0 Å². The molecule has 0 radical (unpaired) electrons. The Morgan fingerprint density at radius 2 is 1.65 bits per heavy atom. The number of nitrogens with one attached hydrogen (secondary N) is 1. The molecule has 48 heavy (non-hydrogen) atoms. The predicted molar refractivity (Wildman–Crippen MR) is 182 cm³/mol. The number of hydroxylamine groups is 2. The van der Waals surface area contributed by atoms with E-state index in [2.05, 4.69) is 9.97 Å². The van der Waals surface area contributed by atoms with Crippen LogP contribution >= 0.6 is 0 Å². The van der Waals surface area contributed by atoms with Gasteiger partial charge in [-0.3, -0.25) is 19.8 Å². The first-order chi connectivity index (χ1) is 23.4. The molecule has 12 nitrogen and oxygen atoms in total.